The molecule has 4 unspecified atom stereocenters. The number of thiol groups is 1. The summed E-state index contributed by atoms with van der Waals surface area (Å²) < 4.78 is 0. The lowest BCUT2D eigenvalue weighted by atomic mass is 10.0. The van der Waals surface area contributed by atoms with E-state index in [1.165, 1.54) is 6.92 Å². The van der Waals surface area contributed by atoms with Crippen molar-refractivity contribution in [3.8, 4) is 0 Å². The lowest BCUT2D eigenvalue weighted by Crippen LogP contribution is -2.57. The maximum Gasteiger partial charge on any atom is 0.326 e. The molecule has 0 spiro atoms. The average Bonchev–Trinajstić information content (AvgIpc) is 2.63. The van der Waals surface area contributed by atoms with Crippen LogP contribution in [-0.2, 0) is 19.2 Å². The molecule has 0 aliphatic carbocycles. The molecule has 8 N–H and O–H groups in total. The van der Waals surface area contributed by atoms with Gasteiger partial charge in [-0.2, -0.15) is 12.6 Å². The van der Waals surface area contributed by atoms with E-state index in [0.29, 0.717) is 19.4 Å². The van der Waals surface area contributed by atoms with Crippen molar-refractivity contribution in [2.45, 2.75) is 64.2 Å². The van der Waals surface area contributed by atoms with E-state index >= 15 is 0 Å². The number of nitrogens with one attached hydrogen (secondary N) is 3. The third-order valence-corrected chi connectivity index (χ3v) is 4.52. The Hall–Kier alpha value is -1.85. The van der Waals surface area contributed by atoms with Crippen molar-refractivity contribution < 1.29 is 24.3 Å². The van der Waals surface area contributed by atoms with Crippen LogP contribution in [0.25, 0.3) is 0 Å². The van der Waals surface area contributed by atoms with Crippen LogP contribution in [0.1, 0.15) is 40.0 Å². The number of hydrogen-bond acceptors (Lipinski definition) is 7. The fourth-order valence-electron chi connectivity index (χ4n) is 2.19. The first-order chi connectivity index (χ1) is 13.0. The summed E-state index contributed by atoms with van der Waals surface area (Å²) in [4.78, 5) is 47.8. The molecule has 0 saturated carbocycles. The van der Waals surface area contributed by atoms with Crippen molar-refractivity contribution in [1.82, 2.24) is 16.0 Å². The van der Waals surface area contributed by atoms with Crippen molar-refractivity contribution in [2.24, 2.45) is 17.4 Å². The van der Waals surface area contributed by atoms with Crippen molar-refractivity contribution in [3.05, 3.63) is 0 Å². The lowest BCUT2D eigenvalue weighted by Gasteiger charge is -2.23. The predicted molar refractivity (Wildman–Crippen MR) is 109 cm³/mol. The molecule has 0 aliphatic rings. The third kappa shape index (κ3) is 9.38. The Bertz CT molecular complexity index is 546. The number of unbranched alkanes of at least 4 members (excludes halogenated alkanes) is 1. The van der Waals surface area contributed by atoms with Crippen LogP contribution in [-0.4, -0.2) is 65.3 Å². The fourth-order valence-corrected chi connectivity index (χ4v) is 2.45. The van der Waals surface area contributed by atoms with Gasteiger partial charge in [0.15, 0.2) is 0 Å². The van der Waals surface area contributed by atoms with E-state index in [1.54, 1.807) is 13.8 Å². The molecule has 162 valence electrons. The first-order valence-corrected chi connectivity index (χ1v) is 9.88. The average molecular weight is 420 g/mol. The molecule has 0 rings (SSSR count). The highest BCUT2D eigenvalue weighted by Crippen LogP contribution is 2.03. The van der Waals surface area contributed by atoms with Gasteiger partial charge in [-0.05, 0) is 38.6 Å². The minimum absolute atomic E-state index is 0.0428. The van der Waals surface area contributed by atoms with Crippen LogP contribution < -0.4 is 27.4 Å². The quantitative estimate of drug-likeness (QED) is 0.142. The molecule has 0 saturated heterocycles. The first kappa shape index (κ1) is 26.1. The highest BCUT2D eigenvalue weighted by Gasteiger charge is 2.28. The summed E-state index contributed by atoms with van der Waals surface area (Å²) in [6.07, 6.45) is 1.41. The normalized spacial score (nSPS) is 15.2. The minimum atomic E-state index is -1.17. The number of amides is 3. The zero-order valence-corrected chi connectivity index (χ0v) is 17.5. The van der Waals surface area contributed by atoms with Gasteiger partial charge < -0.3 is 32.5 Å². The standard InChI is InChI=1S/C17H33N5O5S/c1-9(2)13(19)16(25)20-10(3)14(23)22-12(8-28)15(24)21-11(17(26)27)6-4-5-7-18/h9-13,28H,4-8,18-19H2,1-3H3,(H,20,25)(H,21,24)(H,22,23)(H,26,27). The molecular formula is C17H33N5O5S. The number of nitrogens with two attached hydrogens (primary N) is 2. The highest BCUT2D eigenvalue weighted by molar-refractivity contribution is 7.80. The molecule has 10 nitrogen and oxygen atoms in total. The van der Waals surface area contributed by atoms with Gasteiger partial charge >= 0.3 is 5.97 Å². The molecule has 0 bridgehead atoms. The van der Waals surface area contributed by atoms with Crippen LogP contribution in [0, 0.1) is 5.92 Å². The Morgan fingerprint density at radius 2 is 1.50 bits per heavy atom. The van der Waals surface area contributed by atoms with E-state index < -0.39 is 47.9 Å². The van der Waals surface area contributed by atoms with Gasteiger partial charge in [-0.1, -0.05) is 13.8 Å². The molecule has 0 aromatic heterocycles. The van der Waals surface area contributed by atoms with E-state index in [-0.39, 0.29) is 18.1 Å². The van der Waals surface area contributed by atoms with Crippen molar-refractivity contribution in [3.63, 3.8) is 0 Å². The Labute approximate surface area is 171 Å². The molecule has 4 atom stereocenters. The zero-order chi connectivity index (χ0) is 21.9. The van der Waals surface area contributed by atoms with E-state index in [0.717, 1.165) is 0 Å². The number of carbonyl (C=O) groups excluding carboxylic acids is 3. The topological polar surface area (TPSA) is 177 Å². The molecular weight excluding hydrogens is 386 g/mol. The number of rotatable bonds is 13. The second kappa shape index (κ2) is 13.3. The molecule has 11 heteroatoms. The summed E-state index contributed by atoms with van der Waals surface area (Å²) in [5.74, 6) is -3.06. The van der Waals surface area contributed by atoms with E-state index in [2.05, 4.69) is 28.6 Å². The molecule has 0 radical (unpaired) electrons. The Kier molecular flexibility index (Phi) is 12.5. The number of hydrogen-bond donors (Lipinski definition) is 7. The molecule has 28 heavy (non-hydrogen) atoms. The summed E-state index contributed by atoms with van der Waals surface area (Å²) in [6.45, 7) is 5.45. The van der Waals surface area contributed by atoms with Crippen LogP contribution in [0.2, 0.25) is 0 Å². The second-order valence-electron chi connectivity index (χ2n) is 6.93. The first-order valence-electron chi connectivity index (χ1n) is 9.25. The second-order valence-corrected chi connectivity index (χ2v) is 7.29. The molecule has 0 heterocycles. The van der Waals surface area contributed by atoms with Gasteiger partial charge in [-0.15, -0.1) is 0 Å². The smallest absolute Gasteiger partial charge is 0.326 e. The molecule has 0 fully saturated rings. The summed E-state index contributed by atoms with van der Waals surface area (Å²) in [6, 6.07) is -3.82. The Morgan fingerprint density at radius 3 is 1.96 bits per heavy atom. The van der Waals surface area contributed by atoms with Gasteiger partial charge in [0.2, 0.25) is 17.7 Å². The molecule has 3 amide bonds. The summed E-state index contributed by atoms with van der Waals surface area (Å²) in [7, 11) is 0. The van der Waals surface area contributed by atoms with Gasteiger partial charge in [0.25, 0.3) is 0 Å². The Morgan fingerprint density at radius 1 is 0.929 bits per heavy atom. The van der Waals surface area contributed by atoms with Crippen LogP contribution in [0.4, 0.5) is 0 Å². The van der Waals surface area contributed by atoms with Gasteiger partial charge in [0.05, 0.1) is 6.04 Å². The maximum absolute atomic E-state index is 12.3. The fraction of sp³-hybridized carbons (Fsp3) is 0.765. The highest BCUT2D eigenvalue weighted by atomic mass is 32.1. The van der Waals surface area contributed by atoms with Crippen molar-refractivity contribution in [2.75, 3.05) is 12.3 Å². The van der Waals surface area contributed by atoms with Gasteiger partial charge in [-0.3, -0.25) is 14.4 Å². The van der Waals surface area contributed by atoms with E-state index in [4.69, 9.17) is 11.5 Å². The molecule has 0 aliphatic heterocycles. The summed E-state index contributed by atoms with van der Waals surface area (Å²) in [5, 5.41) is 16.6. The van der Waals surface area contributed by atoms with Crippen molar-refractivity contribution >= 4 is 36.3 Å². The largest absolute Gasteiger partial charge is 0.480 e. The maximum atomic E-state index is 12.3. The Balaban J connectivity index is 4.79. The number of carboxylic acid groups (broad SMARTS) is 1. The van der Waals surface area contributed by atoms with Crippen LogP contribution in [0.15, 0.2) is 0 Å². The number of carbonyl (C=O) groups is 4. The zero-order valence-electron chi connectivity index (χ0n) is 16.6. The summed E-state index contributed by atoms with van der Waals surface area (Å²) >= 11 is 4.04. The van der Waals surface area contributed by atoms with Crippen molar-refractivity contribution in [1.29, 1.82) is 0 Å². The van der Waals surface area contributed by atoms with E-state index in [1.807, 2.05) is 0 Å². The van der Waals surface area contributed by atoms with Gasteiger partial charge in [-0.25, -0.2) is 4.79 Å². The minimum Gasteiger partial charge on any atom is -0.480 e. The SMILES string of the molecule is CC(NC(=O)C(N)C(C)C)C(=O)NC(CS)C(=O)NC(CCCCN)C(=O)O. The lowest BCUT2D eigenvalue weighted by molar-refractivity contribution is -0.142. The van der Waals surface area contributed by atoms with Crippen LogP contribution in [0.3, 0.4) is 0 Å². The predicted octanol–water partition coefficient (Wildman–Crippen LogP) is -1.41. The third-order valence-electron chi connectivity index (χ3n) is 4.15. The number of aliphatic carboxylic acids is 1. The van der Waals surface area contributed by atoms with Gasteiger partial charge in [0, 0.05) is 5.75 Å². The van der Waals surface area contributed by atoms with Crippen LogP contribution in [0.5, 0.6) is 0 Å². The van der Waals surface area contributed by atoms with E-state index in [9.17, 15) is 24.3 Å². The van der Waals surface area contributed by atoms with Gasteiger partial charge in [0.1, 0.15) is 18.1 Å². The summed E-state index contributed by atoms with van der Waals surface area (Å²) in [5.41, 5.74) is 11.1. The monoisotopic (exact) mass is 419 g/mol. The number of carboxylic acids is 1. The molecule has 0 aromatic rings. The molecule has 0 aromatic carbocycles. The van der Waals surface area contributed by atoms with Crippen LogP contribution >= 0.6 is 12.6 Å².